The summed E-state index contributed by atoms with van der Waals surface area (Å²) < 4.78 is 18.0. The predicted molar refractivity (Wildman–Crippen MR) is 70.2 cm³/mol. The molecule has 0 saturated heterocycles. The second-order valence-electron chi connectivity index (χ2n) is 4.07. The molecule has 0 aliphatic carbocycles. The number of aromatic nitrogens is 3. The Morgan fingerprint density at radius 1 is 1.22 bits per heavy atom. The van der Waals surface area contributed by atoms with Crippen LogP contribution in [0.1, 0.15) is 25.6 Å². The summed E-state index contributed by atoms with van der Waals surface area (Å²) in [5, 5.41) is 4.40. The summed E-state index contributed by atoms with van der Waals surface area (Å²) in [7, 11) is 2.46. The average molecular weight is 273 g/mol. The smallest absolute Gasteiger partial charge is 0.377 e. The zero-order valence-electron chi connectivity index (χ0n) is 11.7. The number of rotatable bonds is 9. The molecular formula is C11H23N3O3Si. The molecule has 1 aromatic heterocycles. The summed E-state index contributed by atoms with van der Waals surface area (Å²) in [4.78, 5) is 4.25. The van der Waals surface area contributed by atoms with Crippen LogP contribution in [-0.2, 0) is 26.2 Å². The van der Waals surface area contributed by atoms with E-state index >= 15 is 0 Å². The molecule has 0 unspecified atom stereocenters. The standard InChI is InChI=1S/C11H23N3O3Si/c1-5-7-11-12-10-14(13-11)8-6-9-18(15-2,16-3)17-4/h10H,5-9H2,1-4H3. The lowest BCUT2D eigenvalue weighted by Gasteiger charge is -2.24. The third kappa shape index (κ3) is 4.16. The van der Waals surface area contributed by atoms with Crippen molar-refractivity contribution < 1.29 is 13.3 Å². The third-order valence-corrected chi connectivity index (χ3v) is 5.69. The minimum atomic E-state index is -2.44. The van der Waals surface area contributed by atoms with E-state index in [0.29, 0.717) is 0 Å². The monoisotopic (exact) mass is 273 g/mol. The van der Waals surface area contributed by atoms with Crippen molar-refractivity contribution in [3.63, 3.8) is 0 Å². The van der Waals surface area contributed by atoms with Gasteiger partial charge in [-0.3, -0.25) is 4.68 Å². The highest BCUT2D eigenvalue weighted by atomic mass is 28.4. The van der Waals surface area contributed by atoms with Gasteiger partial charge in [0.25, 0.3) is 0 Å². The molecular weight excluding hydrogens is 250 g/mol. The van der Waals surface area contributed by atoms with Crippen LogP contribution in [0.15, 0.2) is 6.33 Å². The summed E-state index contributed by atoms with van der Waals surface area (Å²) in [6.45, 7) is 2.93. The second kappa shape index (κ2) is 7.62. The van der Waals surface area contributed by atoms with Gasteiger partial charge in [-0.1, -0.05) is 6.92 Å². The van der Waals surface area contributed by atoms with Crippen molar-refractivity contribution in [1.82, 2.24) is 14.8 Å². The molecule has 1 aromatic rings. The molecule has 18 heavy (non-hydrogen) atoms. The van der Waals surface area contributed by atoms with Gasteiger partial charge in [0.1, 0.15) is 6.33 Å². The van der Waals surface area contributed by atoms with E-state index in [1.54, 1.807) is 27.7 Å². The van der Waals surface area contributed by atoms with Gasteiger partial charge in [-0.2, -0.15) is 5.10 Å². The number of hydrogen-bond acceptors (Lipinski definition) is 5. The maximum atomic E-state index is 5.37. The molecule has 0 fully saturated rings. The molecule has 0 aliphatic rings. The normalized spacial score (nSPS) is 12.0. The van der Waals surface area contributed by atoms with Gasteiger partial charge in [-0.25, -0.2) is 4.98 Å². The van der Waals surface area contributed by atoms with Crippen molar-refractivity contribution in [1.29, 1.82) is 0 Å². The summed E-state index contributed by atoms with van der Waals surface area (Å²) in [5.74, 6) is 0.909. The van der Waals surface area contributed by atoms with Crippen molar-refractivity contribution in [3.05, 3.63) is 12.2 Å². The molecule has 0 atom stereocenters. The lowest BCUT2D eigenvalue weighted by molar-refractivity contribution is 0.122. The van der Waals surface area contributed by atoms with Gasteiger partial charge in [-0.15, -0.1) is 0 Å². The fourth-order valence-corrected chi connectivity index (χ4v) is 3.50. The van der Waals surface area contributed by atoms with Crippen molar-refractivity contribution in [2.24, 2.45) is 0 Å². The van der Waals surface area contributed by atoms with Crippen molar-refractivity contribution in [2.75, 3.05) is 21.3 Å². The first-order valence-corrected chi connectivity index (χ1v) is 8.16. The Kier molecular flexibility index (Phi) is 6.48. The molecule has 0 radical (unpaired) electrons. The Labute approximate surface area is 110 Å². The zero-order chi connectivity index (χ0) is 13.4. The second-order valence-corrected chi connectivity index (χ2v) is 7.16. The molecule has 0 aromatic carbocycles. The molecule has 7 heteroatoms. The highest BCUT2D eigenvalue weighted by Crippen LogP contribution is 2.15. The predicted octanol–water partition coefficient (Wildman–Crippen LogP) is 1.50. The van der Waals surface area contributed by atoms with Gasteiger partial charge in [0, 0.05) is 40.3 Å². The van der Waals surface area contributed by atoms with Gasteiger partial charge < -0.3 is 13.3 Å². The van der Waals surface area contributed by atoms with Gasteiger partial charge in [0.2, 0.25) is 0 Å². The zero-order valence-corrected chi connectivity index (χ0v) is 12.7. The molecule has 6 nitrogen and oxygen atoms in total. The number of hydrogen-bond donors (Lipinski definition) is 0. The van der Waals surface area contributed by atoms with Gasteiger partial charge in [0.15, 0.2) is 5.82 Å². The van der Waals surface area contributed by atoms with Crippen molar-refractivity contribution in [2.45, 2.75) is 38.8 Å². The van der Waals surface area contributed by atoms with E-state index in [1.807, 2.05) is 4.68 Å². The van der Waals surface area contributed by atoms with Crippen molar-refractivity contribution in [3.8, 4) is 0 Å². The SMILES string of the molecule is CCCc1ncn(CCC[Si](OC)(OC)OC)n1. The van der Waals surface area contributed by atoms with Crippen molar-refractivity contribution >= 4 is 8.80 Å². The average Bonchev–Trinajstić information content (AvgIpc) is 2.84. The fraction of sp³-hybridized carbons (Fsp3) is 0.818. The summed E-state index contributed by atoms with van der Waals surface area (Å²) in [6, 6.07) is 0.777. The molecule has 1 rings (SSSR count). The van der Waals surface area contributed by atoms with E-state index in [2.05, 4.69) is 17.0 Å². The van der Waals surface area contributed by atoms with Crippen LogP contribution in [0.5, 0.6) is 0 Å². The van der Waals surface area contributed by atoms with Crippen LogP contribution in [-0.4, -0.2) is 44.9 Å². The maximum absolute atomic E-state index is 5.37. The van der Waals surface area contributed by atoms with E-state index in [-0.39, 0.29) is 0 Å². The lowest BCUT2D eigenvalue weighted by atomic mass is 10.3. The maximum Gasteiger partial charge on any atom is 0.500 e. The van der Waals surface area contributed by atoms with Crippen LogP contribution in [0.25, 0.3) is 0 Å². The summed E-state index contributed by atoms with van der Waals surface area (Å²) >= 11 is 0. The Bertz CT molecular complexity index is 334. The van der Waals surface area contributed by atoms with Crippen LogP contribution in [0, 0.1) is 0 Å². The highest BCUT2D eigenvalue weighted by Gasteiger charge is 2.36. The van der Waals surface area contributed by atoms with E-state index < -0.39 is 8.80 Å². The third-order valence-electron chi connectivity index (χ3n) is 2.86. The first-order valence-electron chi connectivity index (χ1n) is 6.23. The summed E-state index contributed by atoms with van der Waals surface area (Å²) in [5.41, 5.74) is 0. The lowest BCUT2D eigenvalue weighted by Crippen LogP contribution is -2.42. The molecule has 0 aliphatic heterocycles. The Hall–Kier alpha value is -0.763. The first-order chi connectivity index (χ1) is 8.69. The minimum Gasteiger partial charge on any atom is -0.377 e. The molecule has 1 heterocycles. The fourth-order valence-electron chi connectivity index (χ4n) is 1.79. The first kappa shape index (κ1) is 15.3. The van der Waals surface area contributed by atoms with Crippen LogP contribution < -0.4 is 0 Å². The number of nitrogens with zero attached hydrogens (tertiary/aromatic N) is 3. The molecule has 0 saturated carbocycles. The van der Waals surface area contributed by atoms with Crippen LogP contribution in [0.4, 0.5) is 0 Å². The van der Waals surface area contributed by atoms with Gasteiger partial charge >= 0.3 is 8.80 Å². The molecule has 0 amide bonds. The van der Waals surface area contributed by atoms with Crippen LogP contribution in [0.3, 0.4) is 0 Å². The Balaban J connectivity index is 2.40. The number of aryl methyl sites for hydroxylation is 2. The topological polar surface area (TPSA) is 58.4 Å². The van der Waals surface area contributed by atoms with E-state index in [4.69, 9.17) is 13.3 Å². The Morgan fingerprint density at radius 3 is 2.44 bits per heavy atom. The largest absolute Gasteiger partial charge is 0.500 e. The minimum absolute atomic E-state index is 0.777. The molecule has 0 bridgehead atoms. The molecule has 0 N–H and O–H groups in total. The van der Waals surface area contributed by atoms with Crippen LogP contribution >= 0.6 is 0 Å². The highest BCUT2D eigenvalue weighted by molar-refractivity contribution is 6.60. The summed E-state index contributed by atoms with van der Waals surface area (Å²) in [6.07, 6.45) is 4.67. The molecule has 104 valence electrons. The van der Waals surface area contributed by atoms with Gasteiger partial charge in [0.05, 0.1) is 0 Å². The van der Waals surface area contributed by atoms with Crippen LogP contribution in [0.2, 0.25) is 6.04 Å². The molecule has 0 spiro atoms. The van der Waals surface area contributed by atoms with Gasteiger partial charge in [-0.05, 0) is 12.8 Å². The van der Waals surface area contributed by atoms with E-state index in [1.165, 1.54) is 0 Å². The quantitative estimate of drug-likeness (QED) is 0.638. The Morgan fingerprint density at radius 2 is 1.89 bits per heavy atom. The van der Waals surface area contributed by atoms with E-state index in [0.717, 1.165) is 37.7 Å². The van der Waals surface area contributed by atoms with E-state index in [9.17, 15) is 0 Å².